The van der Waals surface area contributed by atoms with Crippen LogP contribution in [0, 0.1) is 6.92 Å². The highest BCUT2D eigenvalue weighted by molar-refractivity contribution is 7.93. The molecule has 0 heterocycles. The Balaban J connectivity index is 1.50. The van der Waals surface area contributed by atoms with Gasteiger partial charge in [0, 0.05) is 22.6 Å². The molecule has 0 unspecified atom stereocenters. The van der Waals surface area contributed by atoms with Gasteiger partial charge in [0.25, 0.3) is 26.0 Å². The number of carbonyl (C=O) groups is 1. The van der Waals surface area contributed by atoms with Gasteiger partial charge in [-0.05, 0) is 85.3 Å². The molecule has 1 amide bonds. The molecule has 0 radical (unpaired) electrons. The van der Waals surface area contributed by atoms with Gasteiger partial charge in [0.2, 0.25) is 0 Å². The summed E-state index contributed by atoms with van der Waals surface area (Å²) in [6, 6.07) is 17.7. The number of nitrogens with one attached hydrogen (secondary N) is 3. The molecule has 8 nitrogen and oxygen atoms in total. The molecule has 0 atom stereocenters. The molecule has 0 aliphatic heterocycles. The Morgan fingerprint density at radius 1 is 0.714 bits per heavy atom. The number of rotatable bonds is 8. The van der Waals surface area contributed by atoms with Gasteiger partial charge in [-0.25, -0.2) is 16.8 Å². The Bertz CT molecular complexity index is 1880. The van der Waals surface area contributed by atoms with Gasteiger partial charge < -0.3 is 5.32 Å². The number of sulfonamides is 2. The van der Waals surface area contributed by atoms with E-state index in [9.17, 15) is 34.8 Å². The van der Waals surface area contributed by atoms with E-state index in [4.69, 9.17) is 23.2 Å². The highest BCUT2D eigenvalue weighted by atomic mass is 35.5. The smallest absolute Gasteiger partial charge is 0.322 e. The predicted molar refractivity (Wildman–Crippen MR) is 155 cm³/mol. The van der Waals surface area contributed by atoms with Crippen molar-refractivity contribution in [3.05, 3.63) is 112 Å². The number of anilines is 3. The second-order valence-corrected chi connectivity index (χ2v) is 13.0. The lowest BCUT2D eigenvalue weighted by Gasteiger charge is -2.13. The largest absolute Gasteiger partial charge is 0.417 e. The van der Waals surface area contributed by atoms with Gasteiger partial charge in [-0.15, -0.1) is 0 Å². The van der Waals surface area contributed by atoms with E-state index in [0.717, 1.165) is 35.9 Å². The molecule has 0 spiro atoms. The zero-order valence-electron chi connectivity index (χ0n) is 21.3. The minimum Gasteiger partial charge on any atom is -0.322 e. The van der Waals surface area contributed by atoms with Crippen molar-refractivity contribution in [1.29, 1.82) is 0 Å². The van der Waals surface area contributed by atoms with Gasteiger partial charge in [0.05, 0.1) is 20.5 Å². The van der Waals surface area contributed by atoms with Crippen LogP contribution in [0.15, 0.2) is 94.7 Å². The molecule has 42 heavy (non-hydrogen) atoms. The monoisotopic (exact) mass is 657 g/mol. The number of hydrogen-bond acceptors (Lipinski definition) is 5. The van der Waals surface area contributed by atoms with E-state index < -0.39 is 42.7 Å². The summed E-state index contributed by atoms with van der Waals surface area (Å²) in [5.41, 5.74) is -0.319. The number of carbonyl (C=O) groups excluding carboxylic acids is 1. The summed E-state index contributed by atoms with van der Waals surface area (Å²) in [7, 11) is -8.46. The molecule has 0 bridgehead atoms. The molecule has 0 aliphatic rings. The second-order valence-electron chi connectivity index (χ2n) is 8.90. The molecule has 0 saturated heterocycles. The molecular weight excluding hydrogens is 638 g/mol. The van der Waals surface area contributed by atoms with E-state index in [1.54, 1.807) is 31.2 Å². The van der Waals surface area contributed by atoms with Gasteiger partial charge in [0.1, 0.15) is 4.90 Å². The summed E-state index contributed by atoms with van der Waals surface area (Å²) in [6.07, 6.45) is -4.79. The summed E-state index contributed by atoms with van der Waals surface area (Å²) in [5, 5.41) is 1.82. The summed E-state index contributed by atoms with van der Waals surface area (Å²) < 4.78 is 95.2. The number of benzene rings is 4. The maximum atomic E-state index is 13.1. The maximum absolute atomic E-state index is 13.1. The van der Waals surface area contributed by atoms with Crippen LogP contribution in [-0.2, 0) is 26.2 Å². The van der Waals surface area contributed by atoms with Crippen molar-refractivity contribution < 1.29 is 34.8 Å². The fraction of sp³-hybridized carbons (Fsp3) is 0.0741. The van der Waals surface area contributed by atoms with Crippen LogP contribution < -0.4 is 14.8 Å². The first-order valence-corrected chi connectivity index (χ1v) is 15.5. The minimum atomic E-state index is -4.79. The van der Waals surface area contributed by atoms with Crippen molar-refractivity contribution in [3.63, 3.8) is 0 Å². The molecule has 4 rings (SSSR count). The predicted octanol–water partition coefficient (Wildman–Crippen LogP) is 7.17. The lowest BCUT2D eigenvalue weighted by molar-refractivity contribution is -0.137. The summed E-state index contributed by atoms with van der Waals surface area (Å²) >= 11 is 11.7. The van der Waals surface area contributed by atoms with Gasteiger partial charge in [0.15, 0.2) is 0 Å². The topological polar surface area (TPSA) is 121 Å². The van der Waals surface area contributed by atoms with Crippen LogP contribution in [0.1, 0.15) is 21.5 Å². The first-order chi connectivity index (χ1) is 19.5. The van der Waals surface area contributed by atoms with E-state index in [1.165, 1.54) is 24.3 Å². The molecule has 0 saturated carbocycles. The van der Waals surface area contributed by atoms with Crippen molar-refractivity contribution in [2.45, 2.75) is 22.9 Å². The Kier molecular flexibility index (Phi) is 8.78. The first-order valence-electron chi connectivity index (χ1n) is 11.8. The molecule has 0 aromatic heterocycles. The SMILES string of the molecule is Cc1cccc(NS(=O)(=O)c2cc(C(=O)Nc3ccc(S(=O)(=O)Nc4ccc(Cl)c(C(F)(F)F)c4)cc3)ccc2Cl)c1. The van der Waals surface area contributed by atoms with E-state index in [0.29, 0.717) is 11.8 Å². The van der Waals surface area contributed by atoms with E-state index in [-0.39, 0.29) is 31.8 Å². The van der Waals surface area contributed by atoms with Crippen LogP contribution in [-0.4, -0.2) is 22.7 Å². The van der Waals surface area contributed by atoms with Crippen molar-refractivity contribution in [2.75, 3.05) is 14.8 Å². The second kappa shape index (κ2) is 11.8. The Morgan fingerprint density at radius 2 is 1.31 bits per heavy atom. The first kappa shape index (κ1) is 31.2. The molecule has 0 fully saturated rings. The molecule has 3 N–H and O–H groups in total. The number of alkyl halides is 3. The third kappa shape index (κ3) is 7.34. The van der Waals surface area contributed by atoms with Crippen LogP contribution in [0.4, 0.5) is 30.2 Å². The minimum absolute atomic E-state index is 0.0504. The zero-order chi connectivity index (χ0) is 30.9. The summed E-state index contributed by atoms with van der Waals surface area (Å²) in [4.78, 5) is 12.2. The van der Waals surface area contributed by atoms with Crippen molar-refractivity contribution in [1.82, 2.24) is 0 Å². The van der Waals surface area contributed by atoms with Gasteiger partial charge in [-0.3, -0.25) is 14.2 Å². The fourth-order valence-corrected chi connectivity index (χ4v) is 6.56. The van der Waals surface area contributed by atoms with Crippen molar-refractivity contribution >= 4 is 66.2 Å². The fourth-order valence-electron chi connectivity index (χ4n) is 3.71. The van der Waals surface area contributed by atoms with E-state index >= 15 is 0 Å². The quantitative estimate of drug-likeness (QED) is 0.185. The van der Waals surface area contributed by atoms with Crippen LogP contribution >= 0.6 is 23.2 Å². The average molecular weight is 659 g/mol. The van der Waals surface area contributed by atoms with Crippen LogP contribution in [0.3, 0.4) is 0 Å². The average Bonchev–Trinajstić information content (AvgIpc) is 2.89. The lowest BCUT2D eigenvalue weighted by atomic mass is 10.2. The maximum Gasteiger partial charge on any atom is 0.417 e. The highest BCUT2D eigenvalue weighted by Crippen LogP contribution is 2.36. The van der Waals surface area contributed by atoms with Gasteiger partial charge in [-0.1, -0.05) is 35.3 Å². The Labute approximate surface area is 249 Å². The Hall–Kier alpha value is -3.78. The Morgan fingerprint density at radius 3 is 1.95 bits per heavy atom. The number of aryl methyl sites for hydroxylation is 1. The molecular formula is C27H20Cl2F3N3O5S2. The standard InChI is InChI=1S/C27H20Cl2F3N3O5S2/c1-16-3-2-4-19(13-16)35-42(39,40)25-14-17(5-11-24(25)29)26(36)33-18-6-9-21(10-7-18)41(37,38)34-20-8-12-23(28)22(15-20)27(30,31)32/h2-15,34-35H,1H3,(H,33,36). The number of hydrogen-bond donors (Lipinski definition) is 3. The normalized spacial score (nSPS) is 12.0. The summed E-state index contributed by atoms with van der Waals surface area (Å²) in [5.74, 6) is -0.715. The van der Waals surface area contributed by atoms with Crippen LogP contribution in [0.25, 0.3) is 0 Å². The highest BCUT2D eigenvalue weighted by Gasteiger charge is 2.33. The number of halogens is 5. The molecule has 0 aliphatic carbocycles. The van der Waals surface area contributed by atoms with Crippen LogP contribution in [0.2, 0.25) is 10.0 Å². The molecule has 4 aromatic carbocycles. The zero-order valence-corrected chi connectivity index (χ0v) is 24.5. The van der Waals surface area contributed by atoms with Crippen LogP contribution in [0.5, 0.6) is 0 Å². The lowest BCUT2D eigenvalue weighted by Crippen LogP contribution is -2.17. The molecule has 15 heteroatoms. The van der Waals surface area contributed by atoms with Crippen molar-refractivity contribution in [3.8, 4) is 0 Å². The molecule has 4 aromatic rings. The number of amides is 1. The van der Waals surface area contributed by atoms with E-state index in [1.807, 2.05) is 0 Å². The third-order valence-electron chi connectivity index (χ3n) is 5.70. The van der Waals surface area contributed by atoms with Gasteiger partial charge in [-0.2, -0.15) is 13.2 Å². The van der Waals surface area contributed by atoms with Crippen molar-refractivity contribution in [2.24, 2.45) is 0 Å². The summed E-state index contributed by atoms with van der Waals surface area (Å²) in [6.45, 7) is 1.79. The molecule has 220 valence electrons. The van der Waals surface area contributed by atoms with E-state index in [2.05, 4.69) is 14.8 Å². The van der Waals surface area contributed by atoms with Gasteiger partial charge >= 0.3 is 6.18 Å². The third-order valence-corrected chi connectivity index (χ3v) is 9.29.